The van der Waals surface area contributed by atoms with Gasteiger partial charge in [0.1, 0.15) is 17.8 Å². The van der Waals surface area contributed by atoms with Gasteiger partial charge in [0.15, 0.2) is 18.5 Å². The Morgan fingerprint density at radius 3 is 2.83 bits per heavy atom. The van der Waals surface area contributed by atoms with Gasteiger partial charge in [-0.3, -0.25) is 0 Å². The number of fused-ring (bicyclic) bond motifs is 1. The first-order valence-corrected chi connectivity index (χ1v) is 10.3. The van der Waals surface area contributed by atoms with Gasteiger partial charge < -0.3 is 9.72 Å². The molecule has 1 N–H and O–H groups in total. The van der Waals surface area contributed by atoms with Crippen LogP contribution in [0, 0.1) is 11.3 Å². The number of allylic oxidation sites excluding steroid dienone is 2. The van der Waals surface area contributed by atoms with E-state index in [0.29, 0.717) is 27.2 Å². The van der Waals surface area contributed by atoms with Gasteiger partial charge in [0.2, 0.25) is 0 Å². The number of nitrogens with zero attached hydrogens (tertiary/aromatic N) is 3. The SMILES string of the molecule is N#CC(=Cc1c[nH]c2ncc(C3=C[N+](C4CCOC4)=C3)cc12)c1c(Cl)cccc1Cl. The van der Waals surface area contributed by atoms with Gasteiger partial charge in [-0.05, 0) is 24.3 Å². The highest BCUT2D eigenvalue weighted by atomic mass is 35.5. The van der Waals surface area contributed by atoms with E-state index >= 15 is 0 Å². The molecule has 0 saturated carbocycles. The maximum atomic E-state index is 9.73. The van der Waals surface area contributed by atoms with Crippen LogP contribution in [0.1, 0.15) is 23.1 Å². The summed E-state index contributed by atoms with van der Waals surface area (Å²) in [5.41, 5.74) is 4.70. The van der Waals surface area contributed by atoms with Crippen LogP contribution in [0.4, 0.5) is 0 Å². The van der Waals surface area contributed by atoms with Gasteiger partial charge in [0.05, 0.1) is 28.3 Å². The van der Waals surface area contributed by atoms with Crippen molar-refractivity contribution in [1.29, 1.82) is 5.26 Å². The molecule has 0 radical (unpaired) electrons. The Kier molecular flexibility index (Phi) is 4.92. The molecular formula is C23H17Cl2N4O+. The molecule has 7 heteroatoms. The number of benzene rings is 1. The molecule has 2 aromatic heterocycles. The molecule has 4 heterocycles. The van der Waals surface area contributed by atoms with Crippen molar-refractivity contribution in [3.8, 4) is 6.07 Å². The molecule has 0 spiro atoms. The monoisotopic (exact) mass is 435 g/mol. The molecule has 5 nitrogen and oxygen atoms in total. The molecule has 2 aliphatic heterocycles. The van der Waals surface area contributed by atoms with Crippen LogP contribution in [0.15, 0.2) is 42.9 Å². The topological polar surface area (TPSA) is 64.7 Å². The molecule has 0 amide bonds. The molecule has 148 valence electrons. The summed E-state index contributed by atoms with van der Waals surface area (Å²) in [4.78, 5) is 7.71. The number of hydrogen-bond acceptors (Lipinski definition) is 3. The second kappa shape index (κ2) is 7.73. The lowest BCUT2D eigenvalue weighted by Gasteiger charge is -2.13. The van der Waals surface area contributed by atoms with Crippen molar-refractivity contribution in [1.82, 2.24) is 9.97 Å². The standard InChI is InChI=1S/C23H17Cl2N4O/c24-20-2-1-3-21(25)22(20)14(8-26)6-16-10-28-23-19(16)7-15(9-27-23)17-11-29(12-17)18-4-5-30-13-18/h1-3,6-7,9-12,18H,4-5,13H2,(H,27,28)/q+1. The summed E-state index contributed by atoms with van der Waals surface area (Å²) in [6.07, 6.45) is 10.8. The van der Waals surface area contributed by atoms with Gasteiger partial charge in [-0.2, -0.15) is 9.84 Å². The number of aromatic amines is 1. The zero-order valence-electron chi connectivity index (χ0n) is 15.9. The van der Waals surface area contributed by atoms with Crippen LogP contribution < -0.4 is 0 Å². The number of H-pyrrole nitrogens is 1. The fourth-order valence-corrected chi connectivity index (χ4v) is 4.40. The predicted octanol–water partition coefficient (Wildman–Crippen LogP) is 5.16. The second-order valence-corrected chi connectivity index (χ2v) is 8.12. The summed E-state index contributed by atoms with van der Waals surface area (Å²) >= 11 is 12.6. The van der Waals surface area contributed by atoms with Crippen molar-refractivity contribution in [3.63, 3.8) is 0 Å². The minimum Gasteiger partial charge on any atom is -0.374 e. The smallest absolute Gasteiger partial charge is 0.183 e. The molecule has 2 aliphatic rings. The first kappa shape index (κ1) is 19.1. The summed E-state index contributed by atoms with van der Waals surface area (Å²) in [5.74, 6) is 0. The second-order valence-electron chi connectivity index (χ2n) is 7.31. The number of ether oxygens (including phenoxy) is 1. The van der Waals surface area contributed by atoms with Crippen molar-refractivity contribution in [3.05, 3.63) is 69.6 Å². The van der Waals surface area contributed by atoms with E-state index in [-0.39, 0.29) is 0 Å². The van der Waals surface area contributed by atoms with E-state index < -0.39 is 0 Å². The average molecular weight is 436 g/mol. The molecule has 5 rings (SSSR count). The zero-order valence-corrected chi connectivity index (χ0v) is 17.4. The third-order valence-corrected chi connectivity index (χ3v) is 6.08. The maximum absolute atomic E-state index is 9.73. The normalized spacial score (nSPS) is 18.7. The molecule has 0 aliphatic carbocycles. The first-order valence-electron chi connectivity index (χ1n) is 9.59. The third-order valence-electron chi connectivity index (χ3n) is 5.45. The predicted molar refractivity (Wildman–Crippen MR) is 120 cm³/mol. The molecule has 1 fully saturated rings. The lowest BCUT2D eigenvalue weighted by atomic mass is 10.0. The fourth-order valence-electron chi connectivity index (χ4n) is 3.80. The molecule has 1 saturated heterocycles. The Balaban J connectivity index is 1.50. The lowest BCUT2D eigenvalue weighted by molar-refractivity contribution is -0.499. The van der Waals surface area contributed by atoms with Crippen LogP contribution in [-0.2, 0) is 4.74 Å². The van der Waals surface area contributed by atoms with Gasteiger partial charge in [-0.15, -0.1) is 0 Å². The largest absolute Gasteiger partial charge is 0.374 e. The van der Waals surface area contributed by atoms with Crippen LogP contribution in [-0.4, -0.2) is 40.0 Å². The van der Waals surface area contributed by atoms with E-state index in [1.165, 1.54) is 0 Å². The Morgan fingerprint density at radius 2 is 2.13 bits per heavy atom. The number of pyridine rings is 1. The highest BCUT2D eigenvalue weighted by Crippen LogP contribution is 2.33. The van der Waals surface area contributed by atoms with E-state index in [1.807, 2.05) is 12.4 Å². The van der Waals surface area contributed by atoms with Gasteiger partial charge in [0.25, 0.3) is 0 Å². The van der Waals surface area contributed by atoms with Crippen molar-refractivity contribution in [2.75, 3.05) is 13.2 Å². The van der Waals surface area contributed by atoms with Crippen molar-refractivity contribution in [2.24, 2.45) is 0 Å². The molecule has 3 aromatic rings. The number of nitriles is 1. The Hall–Kier alpha value is -2.91. The molecule has 1 aromatic carbocycles. The van der Waals surface area contributed by atoms with E-state index in [1.54, 1.807) is 24.3 Å². The van der Waals surface area contributed by atoms with Crippen LogP contribution in [0.25, 0.3) is 28.3 Å². The summed E-state index contributed by atoms with van der Waals surface area (Å²) in [7, 11) is 0. The van der Waals surface area contributed by atoms with Crippen molar-refractivity contribution in [2.45, 2.75) is 12.5 Å². The fraction of sp³-hybridized carbons (Fsp3) is 0.174. The maximum Gasteiger partial charge on any atom is 0.183 e. The first-order chi connectivity index (χ1) is 14.6. The number of rotatable bonds is 4. The average Bonchev–Trinajstić information content (AvgIpc) is 3.36. The summed E-state index contributed by atoms with van der Waals surface area (Å²) in [5, 5.41) is 11.5. The Labute approximate surface area is 183 Å². The Bertz CT molecular complexity index is 1270. The highest BCUT2D eigenvalue weighted by Gasteiger charge is 2.31. The summed E-state index contributed by atoms with van der Waals surface area (Å²) in [6, 6.07) is 9.94. The molecule has 1 atom stereocenters. The van der Waals surface area contributed by atoms with Crippen LogP contribution >= 0.6 is 23.2 Å². The minimum absolute atomic E-state index is 0.402. The lowest BCUT2D eigenvalue weighted by Crippen LogP contribution is -2.28. The number of aromatic nitrogens is 2. The highest BCUT2D eigenvalue weighted by molar-refractivity contribution is 6.38. The molecule has 0 bridgehead atoms. The third kappa shape index (κ3) is 3.33. The number of hydrogen-bond donors (Lipinski definition) is 1. The minimum atomic E-state index is 0.402. The Morgan fingerprint density at radius 1 is 1.33 bits per heavy atom. The number of nitrogens with one attached hydrogen (secondary N) is 1. The van der Waals surface area contributed by atoms with E-state index in [9.17, 15) is 5.26 Å². The van der Waals surface area contributed by atoms with Crippen molar-refractivity contribution < 1.29 is 9.31 Å². The quantitative estimate of drug-likeness (QED) is 0.454. The number of halogens is 2. The van der Waals surface area contributed by atoms with Gasteiger partial charge in [0, 0.05) is 40.9 Å². The summed E-state index contributed by atoms with van der Waals surface area (Å²) in [6.45, 7) is 1.59. The zero-order chi connectivity index (χ0) is 20.7. The van der Waals surface area contributed by atoms with E-state index in [2.05, 4.69) is 39.1 Å². The van der Waals surface area contributed by atoms with E-state index in [4.69, 9.17) is 27.9 Å². The van der Waals surface area contributed by atoms with Gasteiger partial charge >= 0.3 is 0 Å². The molecule has 30 heavy (non-hydrogen) atoms. The van der Waals surface area contributed by atoms with Crippen LogP contribution in [0.2, 0.25) is 10.0 Å². The molecular weight excluding hydrogens is 419 g/mol. The van der Waals surface area contributed by atoms with Crippen LogP contribution in [0.5, 0.6) is 0 Å². The van der Waals surface area contributed by atoms with E-state index in [0.717, 1.165) is 47.4 Å². The van der Waals surface area contributed by atoms with Gasteiger partial charge in [-0.25, -0.2) is 4.98 Å². The summed E-state index contributed by atoms with van der Waals surface area (Å²) < 4.78 is 7.67. The van der Waals surface area contributed by atoms with Gasteiger partial charge in [-0.1, -0.05) is 29.3 Å². The molecule has 1 unspecified atom stereocenters. The van der Waals surface area contributed by atoms with Crippen molar-refractivity contribution >= 4 is 57.7 Å². The van der Waals surface area contributed by atoms with Crippen LogP contribution in [0.3, 0.4) is 0 Å².